The van der Waals surface area contributed by atoms with Crippen molar-refractivity contribution in [1.82, 2.24) is 5.32 Å². The van der Waals surface area contributed by atoms with E-state index in [1.54, 1.807) is 0 Å². The van der Waals surface area contributed by atoms with Crippen LogP contribution >= 0.6 is 0 Å². The van der Waals surface area contributed by atoms with Gasteiger partial charge in [0.05, 0.1) is 18.8 Å². The van der Waals surface area contributed by atoms with Crippen molar-refractivity contribution in [3.63, 3.8) is 0 Å². The van der Waals surface area contributed by atoms with E-state index >= 15 is 0 Å². The Bertz CT molecular complexity index is 247. The molecular weight excluding hydrogens is 206 g/mol. The summed E-state index contributed by atoms with van der Waals surface area (Å²) < 4.78 is 11.4. The third-order valence-electron chi connectivity index (χ3n) is 4.40. The zero-order chi connectivity index (χ0) is 11.1. The molecule has 3 rings (SSSR count). The fourth-order valence-electron chi connectivity index (χ4n) is 3.34. The van der Waals surface area contributed by atoms with Crippen LogP contribution in [0.4, 0.5) is 0 Å². The fraction of sp³-hybridized carbons (Fsp3) is 1.00. The fourth-order valence-corrected chi connectivity index (χ4v) is 3.34. The van der Waals surface area contributed by atoms with Crippen LogP contribution in [0.5, 0.6) is 0 Å². The van der Waals surface area contributed by atoms with Gasteiger partial charge in [-0.1, -0.05) is 0 Å². The van der Waals surface area contributed by atoms with Crippen LogP contribution in [0.3, 0.4) is 0 Å². The SMILES string of the molecule is OC1(C2CCCN2)CCC2(CC1)OCCO2. The Morgan fingerprint density at radius 3 is 2.31 bits per heavy atom. The maximum atomic E-state index is 10.6. The summed E-state index contributed by atoms with van der Waals surface area (Å²) >= 11 is 0. The standard InChI is InChI=1S/C12H21NO3/c14-11(10-2-1-7-13-10)3-5-12(6-4-11)15-8-9-16-12/h10,13-14H,1-9H2. The third-order valence-corrected chi connectivity index (χ3v) is 4.40. The molecule has 1 aliphatic carbocycles. The lowest BCUT2D eigenvalue weighted by Gasteiger charge is -2.43. The second kappa shape index (κ2) is 3.95. The summed E-state index contributed by atoms with van der Waals surface area (Å²) in [4.78, 5) is 0. The van der Waals surface area contributed by atoms with Crippen LogP contribution in [0, 0.1) is 0 Å². The van der Waals surface area contributed by atoms with Crippen molar-refractivity contribution in [3.05, 3.63) is 0 Å². The van der Waals surface area contributed by atoms with E-state index in [0.29, 0.717) is 13.2 Å². The number of nitrogens with one attached hydrogen (secondary N) is 1. The normalized spacial score (nSPS) is 36.9. The van der Waals surface area contributed by atoms with Crippen molar-refractivity contribution in [1.29, 1.82) is 0 Å². The molecule has 92 valence electrons. The maximum absolute atomic E-state index is 10.6. The van der Waals surface area contributed by atoms with Gasteiger partial charge in [0.2, 0.25) is 0 Å². The van der Waals surface area contributed by atoms with Gasteiger partial charge < -0.3 is 19.9 Å². The second-order valence-electron chi connectivity index (χ2n) is 5.36. The molecule has 2 heterocycles. The van der Waals surface area contributed by atoms with Crippen LogP contribution in [-0.2, 0) is 9.47 Å². The number of ether oxygens (including phenoxy) is 2. The quantitative estimate of drug-likeness (QED) is 0.695. The van der Waals surface area contributed by atoms with Gasteiger partial charge in [-0.2, -0.15) is 0 Å². The Morgan fingerprint density at radius 2 is 1.75 bits per heavy atom. The first kappa shape index (κ1) is 11.0. The molecule has 2 aliphatic heterocycles. The van der Waals surface area contributed by atoms with Crippen LogP contribution in [0.25, 0.3) is 0 Å². The number of aliphatic hydroxyl groups is 1. The van der Waals surface area contributed by atoms with Crippen LogP contribution in [0.1, 0.15) is 38.5 Å². The molecule has 1 saturated carbocycles. The molecule has 3 fully saturated rings. The van der Waals surface area contributed by atoms with Gasteiger partial charge in [0.15, 0.2) is 5.79 Å². The van der Waals surface area contributed by atoms with E-state index in [4.69, 9.17) is 9.47 Å². The molecule has 0 aromatic heterocycles. The Kier molecular flexibility index (Phi) is 2.70. The highest BCUT2D eigenvalue weighted by atomic mass is 16.7. The minimum Gasteiger partial charge on any atom is -0.388 e. The molecule has 0 radical (unpaired) electrons. The summed E-state index contributed by atoms with van der Waals surface area (Å²) in [5, 5.41) is 14.1. The molecule has 16 heavy (non-hydrogen) atoms. The van der Waals surface area contributed by atoms with Crippen molar-refractivity contribution in [3.8, 4) is 0 Å². The van der Waals surface area contributed by atoms with E-state index in [-0.39, 0.29) is 11.8 Å². The van der Waals surface area contributed by atoms with Gasteiger partial charge in [0.25, 0.3) is 0 Å². The highest BCUT2D eigenvalue weighted by molar-refractivity contribution is 5.00. The summed E-state index contributed by atoms with van der Waals surface area (Å²) in [6, 6.07) is 0.284. The van der Waals surface area contributed by atoms with Gasteiger partial charge in [0.1, 0.15) is 0 Å². The lowest BCUT2D eigenvalue weighted by Crippen LogP contribution is -2.53. The van der Waals surface area contributed by atoms with Crippen molar-refractivity contribution in [2.45, 2.75) is 56.0 Å². The topological polar surface area (TPSA) is 50.7 Å². The van der Waals surface area contributed by atoms with Crippen molar-refractivity contribution in [2.75, 3.05) is 19.8 Å². The average molecular weight is 227 g/mol. The Hall–Kier alpha value is -0.160. The molecule has 1 spiro atoms. The summed E-state index contributed by atoms with van der Waals surface area (Å²) in [7, 11) is 0. The van der Waals surface area contributed by atoms with E-state index in [2.05, 4.69) is 5.32 Å². The van der Waals surface area contributed by atoms with Gasteiger partial charge in [0, 0.05) is 18.9 Å². The Labute approximate surface area is 96.3 Å². The predicted molar refractivity (Wildman–Crippen MR) is 59.1 cm³/mol. The van der Waals surface area contributed by atoms with E-state index in [1.165, 1.54) is 6.42 Å². The first-order valence-corrected chi connectivity index (χ1v) is 6.46. The van der Waals surface area contributed by atoms with Crippen LogP contribution in [0.2, 0.25) is 0 Å². The van der Waals surface area contributed by atoms with E-state index in [9.17, 15) is 5.11 Å². The number of hydrogen-bond donors (Lipinski definition) is 2. The summed E-state index contributed by atoms with van der Waals surface area (Å²) in [5.74, 6) is -0.356. The molecule has 2 N–H and O–H groups in total. The van der Waals surface area contributed by atoms with Crippen molar-refractivity contribution < 1.29 is 14.6 Å². The molecule has 0 aromatic carbocycles. The zero-order valence-corrected chi connectivity index (χ0v) is 9.71. The minimum atomic E-state index is -0.531. The third kappa shape index (κ3) is 1.78. The molecule has 2 saturated heterocycles. The van der Waals surface area contributed by atoms with E-state index in [0.717, 1.165) is 38.6 Å². The summed E-state index contributed by atoms with van der Waals surface area (Å²) in [6.07, 6.45) is 5.55. The molecule has 4 heteroatoms. The maximum Gasteiger partial charge on any atom is 0.168 e. The number of hydrogen-bond acceptors (Lipinski definition) is 4. The van der Waals surface area contributed by atoms with Crippen LogP contribution in [-0.4, -0.2) is 42.3 Å². The molecule has 1 unspecified atom stereocenters. The smallest absolute Gasteiger partial charge is 0.168 e. The van der Waals surface area contributed by atoms with E-state index in [1.807, 2.05) is 0 Å². The summed E-state index contributed by atoms with van der Waals surface area (Å²) in [6.45, 7) is 2.46. The average Bonchev–Trinajstić information content (AvgIpc) is 2.96. The van der Waals surface area contributed by atoms with Gasteiger partial charge in [-0.15, -0.1) is 0 Å². The van der Waals surface area contributed by atoms with Crippen molar-refractivity contribution >= 4 is 0 Å². The lowest BCUT2D eigenvalue weighted by molar-refractivity contribution is -0.206. The lowest BCUT2D eigenvalue weighted by atomic mass is 9.76. The second-order valence-corrected chi connectivity index (χ2v) is 5.36. The van der Waals surface area contributed by atoms with Gasteiger partial charge in [-0.05, 0) is 32.2 Å². The van der Waals surface area contributed by atoms with Gasteiger partial charge in [-0.3, -0.25) is 0 Å². The molecule has 4 nitrogen and oxygen atoms in total. The molecular formula is C12H21NO3. The molecule has 0 bridgehead atoms. The molecule has 1 atom stereocenters. The highest BCUT2D eigenvalue weighted by Gasteiger charge is 2.48. The van der Waals surface area contributed by atoms with Crippen LogP contribution in [0.15, 0.2) is 0 Å². The first-order valence-electron chi connectivity index (χ1n) is 6.46. The Balaban J connectivity index is 1.64. The number of rotatable bonds is 1. The molecule has 3 aliphatic rings. The Morgan fingerprint density at radius 1 is 1.06 bits per heavy atom. The monoisotopic (exact) mass is 227 g/mol. The van der Waals surface area contributed by atoms with E-state index < -0.39 is 5.60 Å². The summed E-state index contributed by atoms with van der Waals surface area (Å²) in [5.41, 5.74) is -0.531. The van der Waals surface area contributed by atoms with Gasteiger partial charge >= 0.3 is 0 Å². The minimum absolute atomic E-state index is 0.284. The van der Waals surface area contributed by atoms with Gasteiger partial charge in [-0.25, -0.2) is 0 Å². The largest absolute Gasteiger partial charge is 0.388 e. The first-order chi connectivity index (χ1) is 7.73. The van der Waals surface area contributed by atoms with Crippen molar-refractivity contribution in [2.24, 2.45) is 0 Å². The van der Waals surface area contributed by atoms with Crippen LogP contribution < -0.4 is 5.32 Å². The molecule has 0 amide bonds. The predicted octanol–water partition coefficient (Wildman–Crippen LogP) is 0.787. The molecule has 0 aromatic rings. The zero-order valence-electron chi connectivity index (χ0n) is 9.71. The highest BCUT2D eigenvalue weighted by Crippen LogP contribution is 2.42.